The highest BCUT2D eigenvalue weighted by Gasteiger charge is 2.28. The van der Waals surface area contributed by atoms with Crippen LogP contribution in [0.2, 0.25) is 0 Å². The summed E-state index contributed by atoms with van der Waals surface area (Å²) in [5.74, 6) is 0. The maximum absolute atomic E-state index is 11.8. The Morgan fingerprint density at radius 2 is 1.84 bits per heavy atom. The predicted octanol–water partition coefficient (Wildman–Crippen LogP) is 4.85. The van der Waals surface area contributed by atoms with Crippen molar-refractivity contribution in [3.8, 4) is 11.3 Å². The van der Waals surface area contributed by atoms with Crippen LogP contribution in [0.5, 0.6) is 0 Å². The molecule has 3 aromatic rings. The van der Waals surface area contributed by atoms with E-state index in [1.54, 1.807) is 0 Å². The molecule has 1 fully saturated rings. The first-order valence-corrected chi connectivity index (χ1v) is 8.88. The van der Waals surface area contributed by atoms with Crippen LogP contribution in [0, 0.1) is 4.91 Å². The number of fused-ring (bicyclic) bond motifs is 1. The Hall–Kier alpha value is -2.59. The first kappa shape index (κ1) is 15.9. The maximum Gasteiger partial charge on any atom is 0.133 e. The van der Waals surface area contributed by atoms with Gasteiger partial charge in [0.05, 0.1) is 11.2 Å². The van der Waals surface area contributed by atoms with E-state index in [-0.39, 0.29) is 6.04 Å². The summed E-state index contributed by atoms with van der Waals surface area (Å²) in [5, 5.41) is 8.02. The normalized spacial score (nSPS) is 18.8. The molecule has 1 aliphatic heterocycles. The van der Waals surface area contributed by atoms with Gasteiger partial charge in [0.15, 0.2) is 0 Å². The average Bonchev–Trinajstić information content (AvgIpc) is 2.70. The van der Waals surface area contributed by atoms with Gasteiger partial charge in [-0.15, -0.1) is 0 Å². The minimum atomic E-state index is -0.393. The minimum Gasteiger partial charge on any atom is -0.311 e. The lowest BCUT2D eigenvalue weighted by Crippen LogP contribution is -2.38. The topological polar surface area (TPSA) is 54.4 Å². The molecule has 0 saturated carbocycles. The molecular formula is C21H21N3O. The third kappa shape index (κ3) is 3.17. The van der Waals surface area contributed by atoms with E-state index in [9.17, 15) is 4.91 Å². The van der Waals surface area contributed by atoms with E-state index in [2.05, 4.69) is 10.5 Å². The van der Waals surface area contributed by atoms with E-state index < -0.39 is 6.04 Å². The van der Waals surface area contributed by atoms with Gasteiger partial charge in [-0.25, -0.2) is 4.98 Å². The number of piperidine rings is 1. The zero-order chi connectivity index (χ0) is 17.1. The van der Waals surface area contributed by atoms with Crippen molar-refractivity contribution in [1.82, 2.24) is 10.3 Å². The van der Waals surface area contributed by atoms with Crippen molar-refractivity contribution >= 4 is 10.9 Å². The molecule has 1 aromatic heterocycles. The van der Waals surface area contributed by atoms with Crippen molar-refractivity contribution < 1.29 is 0 Å². The van der Waals surface area contributed by atoms with E-state index >= 15 is 0 Å². The van der Waals surface area contributed by atoms with Crippen LogP contribution >= 0.6 is 0 Å². The predicted molar refractivity (Wildman–Crippen MR) is 101 cm³/mol. The standard InChI is InChI=1S/C21H21N3O/c25-24-21(19-12-6-7-13-22-19)17-14-20(15-8-2-1-3-9-15)23-18-11-5-4-10-16(17)18/h1-5,8-11,14,19,21-22H,6-7,12-13H2. The highest BCUT2D eigenvalue weighted by atomic mass is 16.3. The Morgan fingerprint density at radius 3 is 2.60 bits per heavy atom. The van der Waals surface area contributed by atoms with Gasteiger partial charge in [0.2, 0.25) is 0 Å². The number of benzene rings is 2. The molecule has 0 bridgehead atoms. The Kier molecular flexibility index (Phi) is 4.53. The number of hydrogen-bond donors (Lipinski definition) is 1. The lowest BCUT2D eigenvalue weighted by Gasteiger charge is -2.28. The van der Waals surface area contributed by atoms with E-state index in [0.29, 0.717) is 0 Å². The van der Waals surface area contributed by atoms with Crippen LogP contribution in [0.3, 0.4) is 0 Å². The average molecular weight is 331 g/mol. The number of hydrogen-bond acceptors (Lipinski definition) is 4. The molecule has 1 N–H and O–H groups in total. The van der Waals surface area contributed by atoms with Gasteiger partial charge in [-0.1, -0.05) is 60.1 Å². The summed E-state index contributed by atoms with van der Waals surface area (Å²) in [7, 11) is 0. The summed E-state index contributed by atoms with van der Waals surface area (Å²) < 4.78 is 0. The van der Waals surface area contributed by atoms with Crippen LogP contribution in [0.4, 0.5) is 0 Å². The molecule has 4 rings (SSSR count). The van der Waals surface area contributed by atoms with Crippen molar-refractivity contribution in [1.29, 1.82) is 0 Å². The zero-order valence-electron chi connectivity index (χ0n) is 14.1. The summed E-state index contributed by atoms with van der Waals surface area (Å²) in [6, 6.07) is 19.8. The van der Waals surface area contributed by atoms with Gasteiger partial charge in [-0.3, -0.25) is 0 Å². The lowest BCUT2D eigenvalue weighted by molar-refractivity contribution is 0.355. The fourth-order valence-corrected chi connectivity index (χ4v) is 3.70. The van der Waals surface area contributed by atoms with Gasteiger partial charge in [-0.05, 0) is 37.1 Å². The maximum atomic E-state index is 11.8. The molecule has 0 spiro atoms. The van der Waals surface area contributed by atoms with Crippen molar-refractivity contribution in [3.63, 3.8) is 0 Å². The summed E-state index contributed by atoms with van der Waals surface area (Å²) >= 11 is 0. The fraction of sp³-hybridized carbons (Fsp3) is 0.286. The third-order valence-corrected chi connectivity index (χ3v) is 4.98. The van der Waals surface area contributed by atoms with Gasteiger partial charge in [0.1, 0.15) is 6.04 Å². The van der Waals surface area contributed by atoms with Crippen molar-refractivity contribution in [2.24, 2.45) is 5.18 Å². The third-order valence-electron chi connectivity index (χ3n) is 4.98. The highest BCUT2D eigenvalue weighted by Crippen LogP contribution is 2.34. The van der Waals surface area contributed by atoms with Gasteiger partial charge < -0.3 is 5.32 Å². The Labute approximate surface area is 147 Å². The molecule has 0 radical (unpaired) electrons. The van der Waals surface area contributed by atoms with Crippen molar-refractivity contribution in [2.45, 2.75) is 31.3 Å². The fourth-order valence-electron chi connectivity index (χ4n) is 3.70. The van der Waals surface area contributed by atoms with E-state index in [4.69, 9.17) is 4.98 Å². The second kappa shape index (κ2) is 7.11. The summed E-state index contributed by atoms with van der Waals surface area (Å²) in [4.78, 5) is 16.6. The number of para-hydroxylation sites is 1. The first-order valence-electron chi connectivity index (χ1n) is 8.88. The molecule has 4 heteroatoms. The lowest BCUT2D eigenvalue weighted by atomic mass is 9.90. The smallest absolute Gasteiger partial charge is 0.133 e. The number of aromatic nitrogens is 1. The quantitative estimate of drug-likeness (QED) is 0.695. The molecule has 25 heavy (non-hydrogen) atoms. The Morgan fingerprint density at radius 1 is 1.04 bits per heavy atom. The van der Waals surface area contributed by atoms with Gasteiger partial charge >= 0.3 is 0 Å². The monoisotopic (exact) mass is 331 g/mol. The molecule has 2 unspecified atom stereocenters. The molecule has 2 aromatic carbocycles. The highest BCUT2D eigenvalue weighted by molar-refractivity contribution is 5.85. The van der Waals surface area contributed by atoms with Crippen LogP contribution in [0.1, 0.15) is 30.9 Å². The van der Waals surface area contributed by atoms with Crippen molar-refractivity contribution in [2.75, 3.05) is 6.54 Å². The SMILES string of the molecule is O=NC(c1cc(-c2ccccc2)nc2ccccc12)C1CCCCN1. The number of pyridine rings is 1. The number of nitrogens with zero attached hydrogens (tertiary/aromatic N) is 2. The summed E-state index contributed by atoms with van der Waals surface area (Å²) in [6.07, 6.45) is 3.28. The summed E-state index contributed by atoms with van der Waals surface area (Å²) in [5.41, 5.74) is 3.82. The molecule has 1 aliphatic rings. The van der Waals surface area contributed by atoms with Crippen LogP contribution in [-0.4, -0.2) is 17.6 Å². The molecule has 126 valence electrons. The molecule has 0 aliphatic carbocycles. The van der Waals surface area contributed by atoms with E-state index in [1.807, 2.05) is 60.7 Å². The Bertz CT molecular complexity index is 873. The van der Waals surface area contributed by atoms with Crippen LogP contribution in [0.15, 0.2) is 65.8 Å². The number of nitrogens with one attached hydrogen (secondary N) is 1. The van der Waals surface area contributed by atoms with Crippen LogP contribution in [0.25, 0.3) is 22.2 Å². The number of nitroso groups, excluding NO2 is 1. The second-order valence-electron chi connectivity index (χ2n) is 6.59. The van der Waals surface area contributed by atoms with Crippen molar-refractivity contribution in [3.05, 3.63) is 71.1 Å². The Balaban J connectivity index is 1.87. The molecule has 2 atom stereocenters. The second-order valence-corrected chi connectivity index (χ2v) is 6.59. The molecular weight excluding hydrogens is 310 g/mol. The van der Waals surface area contributed by atoms with Gasteiger partial charge in [0, 0.05) is 17.0 Å². The largest absolute Gasteiger partial charge is 0.311 e. The summed E-state index contributed by atoms with van der Waals surface area (Å²) in [6.45, 7) is 0.950. The van der Waals surface area contributed by atoms with E-state index in [1.165, 1.54) is 0 Å². The number of rotatable bonds is 4. The zero-order valence-corrected chi connectivity index (χ0v) is 14.1. The molecule has 1 saturated heterocycles. The molecule has 4 nitrogen and oxygen atoms in total. The first-order chi connectivity index (χ1) is 12.4. The van der Waals surface area contributed by atoms with Gasteiger partial charge in [-0.2, -0.15) is 4.91 Å². The van der Waals surface area contributed by atoms with Crippen LogP contribution < -0.4 is 5.32 Å². The molecule has 0 amide bonds. The van der Waals surface area contributed by atoms with Crippen LogP contribution in [-0.2, 0) is 0 Å². The minimum absolute atomic E-state index is 0.0979. The van der Waals surface area contributed by atoms with Gasteiger partial charge in [0.25, 0.3) is 0 Å². The van der Waals surface area contributed by atoms with E-state index in [0.717, 1.165) is 53.5 Å². The molecule has 2 heterocycles.